The van der Waals surface area contributed by atoms with E-state index < -0.39 is 0 Å². The fourth-order valence-corrected chi connectivity index (χ4v) is 1.36. The maximum atomic E-state index is 8.99. The molecule has 0 aliphatic carbocycles. The van der Waals surface area contributed by atoms with Crippen molar-refractivity contribution in [2.24, 2.45) is 5.92 Å². The lowest BCUT2D eigenvalue weighted by molar-refractivity contribution is 0.0615. The van der Waals surface area contributed by atoms with E-state index in [-0.39, 0.29) is 12.5 Å². The molecule has 1 rings (SSSR count). The summed E-state index contributed by atoms with van der Waals surface area (Å²) in [5, 5.41) is 8.99. The van der Waals surface area contributed by atoms with E-state index in [0.717, 1.165) is 17.7 Å². The quantitative estimate of drug-likeness (QED) is 0.772. The number of hydrogen-bond acceptors (Lipinski definition) is 3. The van der Waals surface area contributed by atoms with E-state index in [0.29, 0.717) is 13.2 Å². The Morgan fingerprint density at radius 1 is 1.25 bits per heavy atom. The average Bonchev–Trinajstić information content (AvgIpc) is 2.35. The second kappa shape index (κ2) is 7.25. The molecule has 0 saturated heterocycles. The monoisotopic (exact) mass is 224 g/mol. The molecule has 90 valence electrons. The van der Waals surface area contributed by atoms with Crippen LogP contribution in [0.2, 0.25) is 0 Å². The van der Waals surface area contributed by atoms with Crippen molar-refractivity contribution in [3.05, 3.63) is 29.8 Å². The molecule has 0 bridgehead atoms. The van der Waals surface area contributed by atoms with Crippen LogP contribution in [0.25, 0.3) is 0 Å². The molecule has 3 nitrogen and oxygen atoms in total. The van der Waals surface area contributed by atoms with Crippen molar-refractivity contribution in [3.63, 3.8) is 0 Å². The first kappa shape index (κ1) is 13.0. The summed E-state index contributed by atoms with van der Waals surface area (Å²) in [6.07, 6.45) is 0.944. The Kier molecular flexibility index (Phi) is 5.90. The molecule has 1 N–H and O–H groups in total. The Morgan fingerprint density at radius 2 is 1.94 bits per heavy atom. The molecule has 1 atom stereocenters. The van der Waals surface area contributed by atoms with Crippen molar-refractivity contribution in [2.45, 2.75) is 20.0 Å². The Bertz CT molecular complexity index is 278. The van der Waals surface area contributed by atoms with Gasteiger partial charge in [0.1, 0.15) is 5.75 Å². The van der Waals surface area contributed by atoms with Gasteiger partial charge in [-0.2, -0.15) is 0 Å². The van der Waals surface area contributed by atoms with Gasteiger partial charge in [-0.1, -0.05) is 19.1 Å². The van der Waals surface area contributed by atoms with Crippen LogP contribution in [-0.4, -0.2) is 25.4 Å². The summed E-state index contributed by atoms with van der Waals surface area (Å²) in [4.78, 5) is 0. The molecule has 0 fully saturated rings. The van der Waals surface area contributed by atoms with Crippen LogP contribution >= 0.6 is 0 Å². The number of ether oxygens (including phenoxy) is 2. The number of hydrogen-bond donors (Lipinski definition) is 1. The molecule has 0 amide bonds. The minimum atomic E-state index is 0.194. The molecule has 0 aliphatic heterocycles. The van der Waals surface area contributed by atoms with Crippen molar-refractivity contribution in [2.75, 3.05) is 20.3 Å². The fourth-order valence-electron chi connectivity index (χ4n) is 1.36. The van der Waals surface area contributed by atoms with Crippen molar-refractivity contribution < 1.29 is 14.6 Å². The van der Waals surface area contributed by atoms with Gasteiger partial charge in [0.05, 0.1) is 20.3 Å². The summed E-state index contributed by atoms with van der Waals surface area (Å²) >= 11 is 0. The Balaban J connectivity index is 2.31. The fraction of sp³-hybridized carbons (Fsp3) is 0.538. The summed E-state index contributed by atoms with van der Waals surface area (Å²) < 4.78 is 10.6. The minimum Gasteiger partial charge on any atom is -0.497 e. The number of benzene rings is 1. The van der Waals surface area contributed by atoms with Gasteiger partial charge in [-0.25, -0.2) is 0 Å². The van der Waals surface area contributed by atoms with Gasteiger partial charge in [-0.3, -0.25) is 0 Å². The average molecular weight is 224 g/mol. The SMILES string of the molecule is CCC(CO)COCc1ccc(OC)cc1. The Hall–Kier alpha value is -1.06. The van der Waals surface area contributed by atoms with E-state index in [4.69, 9.17) is 14.6 Å². The summed E-state index contributed by atoms with van der Waals surface area (Å²) in [5.41, 5.74) is 1.12. The van der Waals surface area contributed by atoms with Gasteiger partial charge in [-0.05, 0) is 24.1 Å². The van der Waals surface area contributed by atoms with Crippen LogP contribution in [0.1, 0.15) is 18.9 Å². The van der Waals surface area contributed by atoms with Crippen LogP contribution in [0.15, 0.2) is 24.3 Å². The lowest BCUT2D eigenvalue weighted by Crippen LogP contribution is -2.12. The first-order valence-corrected chi connectivity index (χ1v) is 5.61. The highest BCUT2D eigenvalue weighted by Gasteiger charge is 2.04. The predicted octanol–water partition coefficient (Wildman–Crippen LogP) is 2.23. The van der Waals surface area contributed by atoms with Gasteiger partial charge in [-0.15, -0.1) is 0 Å². The van der Waals surface area contributed by atoms with E-state index >= 15 is 0 Å². The van der Waals surface area contributed by atoms with E-state index in [1.807, 2.05) is 24.3 Å². The summed E-state index contributed by atoms with van der Waals surface area (Å²) in [6.45, 7) is 3.44. The van der Waals surface area contributed by atoms with Gasteiger partial charge < -0.3 is 14.6 Å². The highest BCUT2D eigenvalue weighted by Crippen LogP contribution is 2.12. The van der Waals surface area contributed by atoms with Crippen molar-refractivity contribution in [1.29, 1.82) is 0 Å². The maximum absolute atomic E-state index is 8.99. The molecule has 1 aromatic carbocycles. The zero-order chi connectivity index (χ0) is 11.8. The first-order valence-electron chi connectivity index (χ1n) is 5.61. The predicted molar refractivity (Wildman–Crippen MR) is 63.5 cm³/mol. The van der Waals surface area contributed by atoms with Crippen LogP contribution < -0.4 is 4.74 Å². The van der Waals surface area contributed by atoms with Crippen LogP contribution in [0, 0.1) is 5.92 Å². The molecule has 0 aliphatic rings. The third-order valence-corrected chi connectivity index (χ3v) is 2.62. The number of rotatable bonds is 7. The number of aliphatic hydroxyl groups is 1. The molecule has 1 aromatic rings. The zero-order valence-corrected chi connectivity index (χ0v) is 9.98. The maximum Gasteiger partial charge on any atom is 0.118 e. The van der Waals surface area contributed by atoms with Gasteiger partial charge in [0.2, 0.25) is 0 Å². The van der Waals surface area contributed by atoms with Gasteiger partial charge in [0.15, 0.2) is 0 Å². The topological polar surface area (TPSA) is 38.7 Å². The Morgan fingerprint density at radius 3 is 2.44 bits per heavy atom. The van der Waals surface area contributed by atoms with Crippen LogP contribution in [0.4, 0.5) is 0 Å². The molecule has 3 heteroatoms. The van der Waals surface area contributed by atoms with E-state index in [1.54, 1.807) is 7.11 Å². The van der Waals surface area contributed by atoms with Gasteiger partial charge >= 0.3 is 0 Å². The molecular formula is C13H20O3. The second-order valence-electron chi connectivity index (χ2n) is 3.82. The molecule has 0 radical (unpaired) electrons. The molecule has 0 spiro atoms. The highest BCUT2D eigenvalue weighted by atomic mass is 16.5. The lowest BCUT2D eigenvalue weighted by atomic mass is 10.1. The lowest BCUT2D eigenvalue weighted by Gasteiger charge is -2.12. The third-order valence-electron chi connectivity index (χ3n) is 2.62. The number of aliphatic hydroxyl groups excluding tert-OH is 1. The molecule has 1 unspecified atom stereocenters. The van der Waals surface area contributed by atoms with Crippen molar-refractivity contribution >= 4 is 0 Å². The Labute approximate surface area is 97.0 Å². The van der Waals surface area contributed by atoms with Crippen molar-refractivity contribution in [1.82, 2.24) is 0 Å². The van der Waals surface area contributed by atoms with E-state index in [9.17, 15) is 0 Å². The van der Waals surface area contributed by atoms with Crippen LogP contribution in [-0.2, 0) is 11.3 Å². The molecule has 0 saturated carbocycles. The largest absolute Gasteiger partial charge is 0.497 e. The molecule has 16 heavy (non-hydrogen) atoms. The minimum absolute atomic E-state index is 0.194. The van der Waals surface area contributed by atoms with E-state index in [2.05, 4.69) is 6.92 Å². The number of methoxy groups -OCH3 is 1. The summed E-state index contributed by atoms with van der Waals surface area (Å²) in [5.74, 6) is 1.10. The van der Waals surface area contributed by atoms with Crippen molar-refractivity contribution in [3.8, 4) is 5.75 Å². The second-order valence-corrected chi connectivity index (χ2v) is 3.82. The smallest absolute Gasteiger partial charge is 0.118 e. The highest BCUT2D eigenvalue weighted by molar-refractivity contribution is 5.26. The zero-order valence-electron chi connectivity index (χ0n) is 9.98. The van der Waals surface area contributed by atoms with E-state index in [1.165, 1.54) is 0 Å². The molecular weight excluding hydrogens is 204 g/mol. The molecule has 0 aromatic heterocycles. The molecule has 0 heterocycles. The van der Waals surface area contributed by atoms with Crippen LogP contribution in [0.5, 0.6) is 5.75 Å². The van der Waals surface area contributed by atoms with Crippen LogP contribution in [0.3, 0.4) is 0 Å². The summed E-state index contributed by atoms with van der Waals surface area (Å²) in [7, 11) is 1.65. The summed E-state index contributed by atoms with van der Waals surface area (Å²) in [6, 6.07) is 7.81. The van der Waals surface area contributed by atoms with Gasteiger partial charge in [0, 0.05) is 12.5 Å². The third kappa shape index (κ3) is 4.21. The normalized spacial score (nSPS) is 12.4. The first-order chi connectivity index (χ1) is 7.80. The standard InChI is InChI=1S/C13H20O3/c1-3-11(8-14)9-16-10-12-4-6-13(15-2)7-5-12/h4-7,11,14H,3,8-10H2,1-2H3. The van der Waals surface area contributed by atoms with Gasteiger partial charge in [0.25, 0.3) is 0 Å².